The Hall–Kier alpha value is -4.91. The summed E-state index contributed by atoms with van der Waals surface area (Å²) in [7, 11) is 0. The molecule has 0 fully saturated rings. The highest BCUT2D eigenvalue weighted by Gasteiger charge is 2.12. The first-order valence-corrected chi connectivity index (χ1v) is 12.0. The van der Waals surface area contributed by atoms with Crippen molar-refractivity contribution in [2.24, 2.45) is 0 Å². The predicted octanol–water partition coefficient (Wildman–Crippen LogP) is 6.51. The van der Waals surface area contributed by atoms with Crippen LogP contribution in [0.3, 0.4) is 0 Å². The summed E-state index contributed by atoms with van der Waals surface area (Å²) in [4.78, 5) is 23.0. The molecule has 4 N–H and O–H groups in total. The minimum atomic E-state index is -0.954. The Morgan fingerprint density at radius 1 is 1.00 bits per heavy atom. The lowest BCUT2D eigenvalue weighted by Crippen LogP contribution is -2.08. The zero-order valence-corrected chi connectivity index (χ0v) is 20.3. The highest BCUT2D eigenvalue weighted by atomic mass is 16.4. The number of carboxylic acids is 1. The van der Waals surface area contributed by atoms with Gasteiger partial charge in [-0.05, 0) is 53.5 Å². The Labute approximate surface area is 214 Å². The van der Waals surface area contributed by atoms with Crippen molar-refractivity contribution >= 4 is 34.6 Å². The number of carboxylic acid groups (broad SMARTS) is 1. The van der Waals surface area contributed by atoms with E-state index in [9.17, 15) is 4.79 Å². The standard InChI is InChI=1S/C30H27N5O2/c1-20(23-5-3-2-4-6-23)34-29-26-17-27(35-30(26)33-19-32-29)24-12-14-25(15-13-24)31-18-22-9-7-21(8-10-22)11-16-28(36)37/h2-17,19-20,31H,18H2,1H3,(H,36,37)(H2,32,33,34,35)/b16-11+/t20-/m1/s1. The fraction of sp³-hybridized carbons (Fsp3) is 0.100. The van der Waals surface area contributed by atoms with Gasteiger partial charge in [0.1, 0.15) is 17.8 Å². The maximum atomic E-state index is 10.7. The molecular weight excluding hydrogens is 462 g/mol. The van der Waals surface area contributed by atoms with Crippen molar-refractivity contribution in [3.63, 3.8) is 0 Å². The highest BCUT2D eigenvalue weighted by Crippen LogP contribution is 2.29. The fourth-order valence-corrected chi connectivity index (χ4v) is 4.13. The molecule has 0 saturated carbocycles. The minimum absolute atomic E-state index is 0.111. The first kappa shape index (κ1) is 23.8. The number of H-pyrrole nitrogens is 1. The number of hydrogen-bond donors (Lipinski definition) is 4. The van der Waals surface area contributed by atoms with Crippen LogP contribution in [0.4, 0.5) is 11.5 Å². The molecule has 2 heterocycles. The number of aromatic amines is 1. The molecule has 3 aromatic carbocycles. The zero-order valence-electron chi connectivity index (χ0n) is 20.3. The van der Waals surface area contributed by atoms with E-state index in [1.54, 1.807) is 12.4 Å². The number of aromatic nitrogens is 3. The van der Waals surface area contributed by atoms with E-state index in [-0.39, 0.29) is 6.04 Å². The number of hydrogen-bond acceptors (Lipinski definition) is 5. The number of aliphatic carboxylic acids is 1. The van der Waals surface area contributed by atoms with Gasteiger partial charge in [-0.3, -0.25) is 0 Å². The molecule has 184 valence electrons. The minimum Gasteiger partial charge on any atom is -0.478 e. The van der Waals surface area contributed by atoms with Gasteiger partial charge in [-0.1, -0.05) is 66.7 Å². The molecule has 37 heavy (non-hydrogen) atoms. The summed E-state index contributed by atoms with van der Waals surface area (Å²) >= 11 is 0. The smallest absolute Gasteiger partial charge is 0.328 e. The van der Waals surface area contributed by atoms with Crippen molar-refractivity contribution in [2.75, 3.05) is 10.6 Å². The lowest BCUT2D eigenvalue weighted by atomic mass is 10.1. The van der Waals surface area contributed by atoms with E-state index in [1.165, 1.54) is 5.56 Å². The molecule has 5 aromatic rings. The molecule has 7 heteroatoms. The second-order valence-electron chi connectivity index (χ2n) is 8.79. The highest BCUT2D eigenvalue weighted by molar-refractivity contribution is 5.91. The summed E-state index contributed by atoms with van der Waals surface area (Å²) in [5.41, 5.74) is 6.98. The van der Waals surface area contributed by atoms with E-state index >= 15 is 0 Å². The fourth-order valence-electron chi connectivity index (χ4n) is 4.13. The van der Waals surface area contributed by atoms with Crippen LogP contribution >= 0.6 is 0 Å². The molecule has 7 nitrogen and oxygen atoms in total. The van der Waals surface area contributed by atoms with E-state index in [0.29, 0.717) is 6.54 Å². The van der Waals surface area contributed by atoms with Crippen LogP contribution in [0, 0.1) is 0 Å². The van der Waals surface area contributed by atoms with Crippen molar-refractivity contribution in [1.82, 2.24) is 15.0 Å². The van der Waals surface area contributed by atoms with E-state index in [2.05, 4.69) is 62.8 Å². The Morgan fingerprint density at radius 2 is 1.76 bits per heavy atom. The molecule has 0 amide bonds. The average Bonchev–Trinajstić information content (AvgIpc) is 3.37. The maximum Gasteiger partial charge on any atom is 0.328 e. The zero-order chi connectivity index (χ0) is 25.6. The van der Waals surface area contributed by atoms with E-state index in [1.807, 2.05) is 54.6 Å². The Balaban J connectivity index is 1.26. The van der Waals surface area contributed by atoms with Crippen molar-refractivity contribution in [2.45, 2.75) is 19.5 Å². The third kappa shape index (κ3) is 5.85. The van der Waals surface area contributed by atoms with Crippen LogP contribution in [0.25, 0.3) is 28.4 Å². The Morgan fingerprint density at radius 3 is 2.49 bits per heavy atom. The number of benzene rings is 3. The summed E-state index contributed by atoms with van der Waals surface area (Å²) in [5, 5.41) is 16.6. The van der Waals surface area contributed by atoms with Gasteiger partial charge in [-0.15, -0.1) is 0 Å². The third-order valence-electron chi connectivity index (χ3n) is 6.17. The molecule has 5 rings (SSSR count). The molecule has 0 radical (unpaired) electrons. The average molecular weight is 490 g/mol. The van der Waals surface area contributed by atoms with E-state index in [4.69, 9.17) is 5.11 Å². The van der Waals surface area contributed by atoms with Gasteiger partial charge in [0.05, 0.1) is 5.39 Å². The van der Waals surface area contributed by atoms with Gasteiger partial charge in [-0.2, -0.15) is 0 Å². The number of nitrogens with one attached hydrogen (secondary N) is 3. The Bertz CT molecular complexity index is 1520. The van der Waals surface area contributed by atoms with Crippen molar-refractivity contribution in [3.05, 3.63) is 114 Å². The van der Waals surface area contributed by atoms with Crippen molar-refractivity contribution in [1.29, 1.82) is 0 Å². The summed E-state index contributed by atoms with van der Waals surface area (Å²) in [6, 6.07) is 28.5. The first-order valence-electron chi connectivity index (χ1n) is 12.0. The summed E-state index contributed by atoms with van der Waals surface area (Å²) in [6.45, 7) is 2.78. The third-order valence-corrected chi connectivity index (χ3v) is 6.17. The van der Waals surface area contributed by atoms with E-state index < -0.39 is 5.97 Å². The van der Waals surface area contributed by atoms with E-state index in [0.717, 1.165) is 51.0 Å². The summed E-state index contributed by atoms with van der Waals surface area (Å²) < 4.78 is 0. The number of fused-ring (bicyclic) bond motifs is 1. The lowest BCUT2D eigenvalue weighted by Gasteiger charge is -2.15. The van der Waals surface area contributed by atoms with Gasteiger partial charge in [-0.25, -0.2) is 14.8 Å². The molecule has 0 aliphatic heterocycles. The second kappa shape index (κ2) is 10.8. The van der Waals surface area contributed by atoms with Crippen LogP contribution in [0.1, 0.15) is 29.7 Å². The number of carbonyl (C=O) groups is 1. The molecule has 1 atom stereocenters. The number of rotatable bonds is 9. The van der Waals surface area contributed by atoms with Gasteiger partial charge in [0.25, 0.3) is 0 Å². The van der Waals surface area contributed by atoms with Gasteiger partial charge in [0, 0.05) is 30.0 Å². The van der Waals surface area contributed by atoms with Crippen LogP contribution in [0.2, 0.25) is 0 Å². The van der Waals surface area contributed by atoms with Gasteiger partial charge < -0.3 is 20.7 Å². The number of nitrogens with zero attached hydrogens (tertiary/aromatic N) is 2. The van der Waals surface area contributed by atoms with Crippen molar-refractivity contribution < 1.29 is 9.90 Å². The monoisotopic (exact) mass is 489 g/mol. The normalized spacial score (nSPS) is 12.0. The van der Waals surface area contributed by atoms with Crippen molar-refractivity contribution in [3.8, 4) is 11.3 Å². The molecule has 0 aliphatic carbocycles. The molecule has 0 unspecified atom stereocenters. The molecule has 0 spiro atoms. The lowest BCUT2D eigenvalue weighted by molar-refractivity contribution is -0.131. The van der Waals surface area contributed by atoms with Crippen LogP contribution in [0.15, 0.2) is 97.3 Å². The largest absolute Gasteiger partial charge is 0.478 e. The molecule has 0 saturated heterocycles. The molecular formula is C30H27N5O2. The van der Waals surface area contributed by atoms with Crippen LogP contribution < -0.4 is 10.6 Å². The second-order valence-corrected chi connectivity index (χ2v) is 8.79. The summed E-state index contributed by atoms with van der Waals surface area (Å²) in [6.07, 6.45) is 4.29. The quantitative estimate of drug-likeness (QED) is 0.176. The molecule has 0 aliphatic rings. The Kier molecular flexibility index (Phi) is 6.94. The van der Waals surface area contributed by atoms with Crippen LogP contribution in [0.5, 0.6) is 0 Å². The molecule has 2 aromatic heterocycles. The predicted molar refractivity (Wildman–Crippen MR) is 148 cm³/mol. The SMILES string of the molecule is C[C@@H](Nc1ncnc2[nH]c(-c3ccc(NCc4ccc(/C=C/C(=O)O)cc4)cc3)cc12)c1ccccc1. The summed E-state index contributed by atoms with van der Waals surface area (Å²) in [5.74, 6) is -0.157. The van der Waals surface area contributed by atoms with Gasteiger partial charge in [0.2, 0.25) is 0 Å². The van der Waals surface area contributed by atoms with Crippen LogP contribution in [-0.2, 0) is 11.3 Å². The van der Waals surface area contributed by atoms with Gasteiger partial charge in [0.15, 0.2) is 0 Å². The van der Waals surface area contributed by atoms with Crippen LogP contribution in [-0.4, -0.2) is 26.0 Å². The topological polar surface area (TPSA) is 103 Å². The first-order chi connectivity index (χ1) is 18.0. The van der Waals surface area contributed by atoms with Gasteiger partial charge >= 0.3 is 5.97 Å². The molecule has 0 bridgehead atoms. The number of anilines is 2. The maximum absolute atomic E-state index is 10.7.